The third-order valence-electron chi connectivity index (χ3n) is 3.00. The van der Waals surface area contributed by atoms with Crippen LogP contribution in [0.5, 0.6) is 0 Å². The van der Waals surface area contributed by atoms with Crippen LogP contribution in [0.1, 0.15) is 13.3 Å². The summed E-state index contributed by atoms with van der Waals surface area (Å²) < 4.78 is 5.31. The summed E-state index contributed by atoms with van der Waals surface area (Å²) in [6.45, 7) is 3.73. The molecule has 1 aromatic carbocycles. The number of benzene rings is 1. The maximum atomic E-state index is 11.8. The van der Waals surface area contributed by atoms with Gasteiger partial charge in [0, 0.05) is 22.9 Å². The minimum atomic E-state index is -0.0916. The van der Waals surface area contributed by atoms with Gasteiger partial charge in [-0.15, -0.1) is 0 Å². The maximum absolute atomic E-state index is 11.8. The molecule has 18 heavy (non-hydrogen) atoms. The van der Waals surface area contributed by atoms with E-state index in [1.165, 1.54) is 0 Å². The molecule has 1 fully saturated rings. The zero-order valence-corrected chi connectivity index (χ0v) is 11.1. The van der Waals surface area contributed by atoms with Gasteiger partial charge in [-0.05, 0) is 31.5 Å². The summed E-state index contributed by atoms with van der Waals surface area (Å²) in [7, 11) is 0. The lowest BCUT2D eigenvalue weighted by molar-refractivity contribution is -0.115. The molecule has 1 aromatic rings. The predicted octanol–water partition coefficient (Wildman–Crippen LogP) is 2.05. The molecule has 0 bridgehead atoms. The third-order valence-corrected chi connectivity index (χ3v) is 3.24. The van der Waals surface area contributed by atoms with E-state index in [0.717, 1.165) is 13.0 Å². The van der Waals surface area contributed by atoms with Crippen molar-refractivity contribution in [2.24, 2.45) is 0 Å². The standard InChI is InChI=1S/C13H17ClN2O2/c1-13(5-6-18-9-13)15-8-12(17)16-11-4-2-3-10(14)7-11/h2-4,7,15H,5-6,8-9H2,1H3,(H,16,17). The van der Waals surface area contributed by atoms with Crippen molar-refractivity contribution in [3.8, 4) is 0 Å². The first-order valence-electron chi connectivity index (χ1n) is 5.96. The Morgan fingerprint density at radius 1 is 1.56 bits per heavy atom. The van der Waals surface area contributed by atoms with Gasteiger partial charge in [-0.1, -0.05) is 17.7 Å². The van der Waals surface area contributed by atoms with Gasteiger partial charge in [0.05, 0.1) is 13.2 Å². The van der Waals surface area contributed by atoms with Crippen molar-refractivity contribution in [3.63, 3.8) is 0 Å². The molecule has 0 aromatic heterocycles. The van der Waals surface area contributed by atoms with Crippen LogP contribution in [0.3, 0.4) is 0 Å². The number of carbonyl (C=O) groups excluding carboxylic acids is 1. The fourth-order valence-electron chi connectivity index (χ4n) is 1.87. The van der Waals surface area contributed by atoms with Crippen LogP contribution in [0, 0.1) is 0 Å². The number of hydrogen-bond donors (Lipinski definition) is 2. The van der Waals surface area contributed by atoms with Crippen molar-refractivity contribution in [1.82, 2.24) is 5.32 Å². The van der Waals surface area contributed by atoms with E-state index in [1.807, 2.05) is 6.07 Å². The molecule has 1 heterocycles. The van der Waals surface area contributed by atoms with Crippen LogP contribution in [0.2, 0.25) is 5.02 Å². The molecule has 98 valence electrons. The predicted molar refractivity (Wildman–Crippen MR) is 71.9 cm³/mol. The highest BCUT2D eigenvalue weighted by molar-refractivity contribution is 6.30. The van der Waals surface area contributed by atoms with Crippen LogP contribution >= 0.6 is 11.6 Å². The highest BCUT2D eigenvalue weighted by Crippen LogP contribution is 2.17. The van der Waals surface area contributed by atoms with Gasteiger partial charge in [0.2, 0.25) is 5.91 Å². The summed E-state index contributed by atoms with van der Waals surface area (Å²) in [4.78, 5) is 11.8. The molecule has 1 unspecified atom stereocenters. The van der Waals surface area contributed by atoms with E-state index in [0.29, 0.717) is 17.3 Å². The van der Waals surface area contributed by atoms with Gasteiger partial charge in [0.15, 0.2) is 0 Å². The Morgan fingerprint density at radius 3 is 3.06 bits per heavy atom. The summed E-state index contributed by atoms with van der Waals surface area (Å²) in [5.41, 5.74) is 0.619. The second kappa shape index (κ2) is 5.69. The number of carbonyl (C=O) groups is 1. The van der Waals surface area contributed by atoms with E-state index >= 15 is 0 Å². The average Bonchev–Trinajstić information content (AvgIpc) is 2.74. The van der Waals surface area contributed by atoms with Gasteiger partial charge in [-0.3, -0.25) is 4.79 Å². The van der Waals surface area contributed by atoms with E-state index in [1.54, 1.807) is 18.2 Å². The average molecular weight is 269 g/mol. The fourth-order valence-corrected chi connectivity index (χ4v) is 2.06. The van der Waals surface area contributed by atoms with Gasteiger partial charge in [-0.25, -0.2) is 0 Å². The van der Waals surface area contributed by atoms with Crippen LogP contribution in [-0.2, 0) is 9.53 Å². The van der Waals surface area contributed by atoms with Crippen molar-refractivity contribution in [2.45, 2.75) is 18.9 Å². The monoisotopic (exact) mass is 268 g/mol. The molecule has 1 atom stereocenters. The minimum Gasteiger partial charge on any atom is -0.379 e. The molecule has 1 aliphatic heterocycles. The molecule has 4 nitrogen and oxygen atoms in total. The molecule has 0 aliphatic carbocycles. The first-order valence-corrected chi connectivity index (χ1v) is 6.33. The van der Waals surface area contributed by atoms with E-state index in [4.69, 9.17) is 16.3 Å². The number of halogens is 1. The van der Waals surface area contributed by atoms with Crippen LogP contribution in [0.25, 0.3) is 0 Å². The first kappa shape index (κ1) is 13.3. The van der Waals surface area contributed by atoms with Crippen molar-refractivity contribution in [3.05, 3.63) is 29.3 Å². The summed E-state index contributed by atoms with van der Waals surface area (Å²) in [6.07, 6.45) is 0.928. The van der Waals surface area contributed by atoms with Crippen molar-refractivity contribution < 1.29 is 9.53 Å². The van der Waals surface area contributed by atoms with Crippen LogP contribution in [0.4, 0.5) is 5.69 Å². The van der Waals surface area contributed by atoms with Gasteiger partial charge in [0.1, 0.15) is 0 Å². The van der Waals surface area contributed by atoms with Crippen LogP contribution < -0.4 is 10.6 Å². The van der Waals surface area contributed by atoms with Gasteiger partial charge in [0.25, 0.3) is 0 Å². The normalized spacial score (nSPS) is 23.0. The van der Waals surface area contributed by atoms with Crippen molar-refractivity contribution >= 4 is 23.2 Å². The molecule has 0 radical (unpaired) electrons. The smallest absolute Gasteiger partial charge is 0.238 e. The summed E-state index contributed by atoms with van der Waals surface area (Å²) in [6, 6.07) is 7.11. The Bertz CT molecular complexity index is 431. The van der Waals surface area contributed by atoms with Crippen molar-refractivity contribution in [1.29, 1.82) is 0 Å². The molecule has 2 N–H and O–H groups in total. The van der Waals surface area contributed by atoms with E-state index in [2.05, 4.69) is 17.6 Å². The number of nitrogens with one attached hydrogen (secondary N) is 2. The lowest BCUT2D eigenvalue weighted by Gasteiger charge is -2.23. The topological polar surface area (TPSA) is 50.4 Å². The molecular weight excluding hydrogens is 252 g/mol. The Balaban J connectivity index is 1.82. The molecule has 1 amide bonds. The lowest BCUT2D eigenvalue weighted by Crippen LogP contribution is -2.46. The van der Waals surface area contributed by atoms with E-state index in [9.17, 15) is 4.79 Å². The van der Waals surface area contributed by atoms with E-state index in [-0.39, 0.29) is 18.0 Å². The Kier molecular flexibility index (Phi) is 4.22. The second-order valence-electron chi connectivity index (χ2n) is 4.78. The number of rotatable bonds is 4. The molecule has 0 spiro atoms. The number of ether oxygens (including phenoxy) is 1. The summed E-state index contributed by atoms with van der Waals surface area (Å²) >= 11 is 5.85. The van der Waals surface area contributed by atoms with E-state index < -0.39 is 0 Å². The quantitative estimate of drug-likeness (QED) is 0.879. The number of amides is 1. The third kappa shape index (κ3) is 3.70. The largest absolute Gasteiger partial charge is 0.379 e. The SMILES string of the molecule is CC1(NCC(=O)Nc2cccc(Cl)c2)CCOC1. The number of hydrogen-bond acceptors (Lipinski definition) is 3. The molecular formula is C13H17ClN2O2. The van der Waals surface area contributed by atoms with Gasteiger partial charge >= 0.3 is 0 Å². The highest BCUT2D eigenvalue weighted by atomic mass is 35.5. The molecule has 1 saturated heterocycles. The molecule has 5 heteroatoms. The van der Waals surface area contributed by atoms with Gasteiger partial charge in [-0.2, -0.15) is 0 Å². The minimum absolute atomic E-state index is 0.0783. The number of anilines is 1. The van der Waals surface area contributed by atoms with Crippen molar-refractivity contribution in [2.75, 3.05) is 25.1 Å². The summed E-state index contributed by atoms with van der Waals surface area (Å²) in [5.74, 6) is -0.0783. The maximum Gasteiger partial charge on any atom is 0.238 e. The van der Waals surface area contributed by atoms with Crippen LogP contribution in [0.15, 0.2) is 24.3 Å². The zero-order chi connectivity index (χ0) is 13.0. The molecule has 2 rings (SSSR count). The molecule has 0 saturated carbocycles. The highest BCUT2D eigenvalue weighted by Gasteiger charge is 2.29. The lowest BCUT2D eigenvalue weighted by atomic mass is 10.0. The molecule has 1 aliphatic rings. The summed E-state index contributed by atoms with van der Waals surface area (Å²) in [5, 5.41) is 6.63. The Morgan fingerprint density at radius 2 is 2.39 bits per heavy atom. The fraction of sp³-hybridized carbons (Fsp3) is 0.462. The Hall–Kier alpha value is -1.10. The van der Waals surface area contributed by atoms with Gasteiger partial charge < -0.3 is 15.4 Å². The second-order valence-corrected chi connectivity index (χ2v) is 5.21. The zero-order valence-electron chi connectivity index (χ0n) is 10.3. The first-order chi connectivity index (χ1) is 8.57. The van der Waals surface area contributed by atoms with Crippen LogP contribution in [-0.4, -0.2) is 31.2 Å². The Labute approximate surface area is 112 Å².